The zero-order valence-electron chi connectivity index (χ0n) is 29.6. The van der Waals surface area contributed by atoms with E-state index in [9.17, 15) is 4.79 Å². The van der Waals surface area contributed by atoms with Gasteiger partial charge in [-0.05, 0) is 19.3 Å². The summed E-state index contributed by atoms with van der Waals surface area (Å²) in [5.41, 5.74) is 0. The third-order valence-electron chi connectivity index (χ3n) is 9.30. The summed E-state index contributed by atoms with van der Waals surface area (Å²) in [6.07, 6.45) is 47.8. The highest BCUT2D eigenvalue weighted by Crippen LogP contribution is 2.16. The SMILES string of the molecule is CCCCCCCCCCCC(=O)OCCCCCCCCCCCCCCCCCCCCCCCCCCCCO. The van der Waals surface area contributed by atoms with Gasteiger partial charge in [0.1, 0.15) is 0 Å². The minimum Gasteiger partial charge on any atom is -0.466 e. The summed E-state index contributed by atoms with van der Waals surface area (Å²) >= 11 is 0. The molecule has 0 aromatic carbocycles. The Morgan fingerprint density at radius 2 is 0.628 bits per heavy atom. The molecule has 0 spiro atoms. The molecule has 0 aliphatic heterocycles. The Morgan fingerprint density at radius 3 is 0.930 bits per heavy atom. The van der Waals surface area contributed by atoms with E-state index in [1.54, 1.807) is 0 Å². The molecule has 0 aromatic rings. The van der Waals surface area contributed by atoms with Crippen molar-refractivity contribution in [3.63, 3.8) is 0 Å². The van der Waals surface area contributed by atoms with Crippen molar-refractivity contribution in [2.45, 2.75) is 238 Å². The number of aliphatic hydroxyl groups is 1. The average Bonchev–Trinajstić information content (AvgIpc) is 3.01. The Bertz CT molecular complexity index is 506. The minimum atomic E-state index is 0.0215. The zero-order chi connectivity index (χ0) is 31.2. The van der Waals surface area contributed by atoms with E-state index in [1.165, 1.54) is 205 Å². The second-order valence-corrected chi connectivity index (χ2v) is 13.7. The van der Waals surface area contributed by atoms with Crippen molar-refractivity contribution in [2.24, 2.45) is 0 Å². The van der Waals surface area contributed by atoms with Crippen LogP contribution in [0.25, 0.3) is 0 Å². The van der Waals surface area contributed by atoms with Crippen LogP contribution in [0.4, 0.5) is 0 Å². The second-order valence-electron chi connectivity index (χ2n) is 13.7. The number of aliphatic hydroxyl groups excluding tert-OH is 1. The molecule has 0 saturated heterocycles. The third-order valence-corrected chi connectivity index (χ3v) is 9.30. The molecule has 0 amide bonds. The largest absolute Gasteiger partial charge is 0.466 e. The molecular formula is C40H80O3. The van der Waals surface area contributed by atoms with Gasteiger partial charge >= 0.3 is 5.97 Å². The molecule has 0 saturated carbocycles. The fraction of sp³-hybridized carbons (Fsp3) is 0.975. The molecule has 1 N–H and O–H groups in total. The van der Waals surface area contributed by atoms with Gasteiger partial charge in [0, 0.05) is 13.0 Å². The van der Waals surface area contributed by atoms with Crippen LogP contribution in [0.5, 0.6) is 0 Å². The summed E-state index contributed by atoms with van der Waals surface area (Å²) in [6, 6.07) is 0. The van der Waals surface area contributed by atoms with Crippen LogP contribution in [0.15, 0.2) is 0 Å². The lowest BCUT2D eigenvalue weighted by molar-refractivity contribution is -0.143. The lowest BCUT2D eigenvalue weighted by atomic mass is 10.0. The molecule has 3 heteroatoms. The summed E-state index contributed by atoms with van der Waals surface area (Å²) in [7, 11) is 0. The summed E-state index contributed by atoms with van der Waals surface area (Å²) in [6.45, 7) is 3.26. The predicted molar refractivity (Wildman–Crippen MR) is 190 cm³/mol. The van der Waals surface area contributed by atoms with E-state index in [-0.39, 0.29) is 5.97 Å². The molecule has 3 nitrogen and oxygen atoms in total. The molecule has 0 aromatic heterocycles. The molecule has 0 rings (SSSR count). The summed E-state index contributed by atoms with van der Waals surface area (Å²) in [4.78, 5) is 11.9. The lowest BCUT2D eigenvalue weighted by Gasteiger charge is -2.06. The van der Waals surface area contributed by atoms with Gasteiger partial charge in [-0.2, -0.15) is 0 Å². The number of ether oxygens (including phenoxy) is 1. The van der Waals surface area contributed by atoms with Gasteiger partial charge in [0.2, 0.25) is 0 Å². The van der Waals surface area contributed by atoms with Crippen molar-refractivity contribution in [2.75, 3.05) is 13.2 Å². The molecule has 0 fully saturated rings. The fourth-order valence-electron chi connectivity index (χ4n) is 6.29. The van der Waals surface area contributed by atoms with Crippen LogP contribution in [0.2, 0.25) is 0 Å². The van der Waals surface area contributed by atoms with Crippen molar-refractivity contribution in [1.82, 2.24) is 0 Å². The predicted octanol–water partition coefficient (Wildman–Crippen LogP) is 13.6. The summed E-state index contributed by atoms with van der Waals surface area (Å²) in [5, 5.41) is 8.79. The van der Waals surface area contributed by atoms with Crippen molar-refractivity contribution in [3.8, 4) is 0 Å². The first-order valence-corrected chi connectivity index (χ1v) is 20.1. The number of carbonyl (C=O) groups excluding carboxylic acids is 1. The van der Waals surface area contributed by atoms with Crippen LogP contribution in [0, 0.1) is 0 Å². The van der Waals surface area contributed by atoms with E-state index < -0.39 is 0 Å². The number of hydrogen-bond acceptors (Lipinski definition) is 3. The number of esters is 1. The van der Waals surface area contributed by atoms with E-state index in [2.05, 4.69) is 6.92 Å². The minimum absolute atomic E-state index is 0.0215. The van der Waals surface area contributed by atoms with E-state index >= 15 is 0 Å². The van der Waals surface area contributed by atoms with Crippen molar-refractivity contribution < 1.29 is 14.6 Å². The molecule has 43 heavy (non-hydrogen) atoms. The Labute approximate surface area is 271 Å². The quantitative estimate of drug-likeness (QED) is 0.0560. The first-order valence-electron chi connectivity index (χ1n) is 20.1. The van der Waals surface area contributed by atoms with Crippen molar-refractivity contribution >= 4 is 5.97 Å². The van der Waals surface area contributed by atoms with E-state index in [1.807, 2.05) is 0 Å². The summed E-state index contributed by atoms with van der Waals surface area (Å²) < 4.78 is 5.43. The number of unbranched alkanes of at least 4 members (excludes halogenated alkanes) is 33. The lowest BCUT2D eigenvalue weighted by Crippen LogP contribution is -2.05. The van der Waals surface area contributed by atoms with Crippen LogP contribution >= 0.6 is 0 Å². The highest BCUT2D eigenvalue weighted by Gasteiger charge is 2.03. The molecule has 0 aliphatic rings. The smallest absolute Gasteiger partial charge is 0.305 e. The monoisotopic (exact) mass is 609 g/mol. The standard InChI is InChI=1S/C40H80O3/c1-2-3-4-5-6-25-28-31-34-37-40(42)43-39-36-33-30-27-24-22-20-18-16-14-12-10-8-7-9-11-13-15-17-19-21-23-26-29-32-35-38-41/h41H,2-39H2,1H3. The first kappa shape index (κ1) is 42.4. The molecule has 0 aliphatic carbocycles. The van der Waals surface area contributed by atoms with Crippen molar-refractivity contribution in [1.29, 1.82) is 0 Å². The number of rotatable bonds is 38. The highest BCUT2D eigenvalue weighted by atomic mass is 16.5. The van der Waals surface area contributed by atoms with E-state index in [4.69, 9.17) is 9.84 Å². The Balaban J connectivity index is 3.11. The fourth-order valence-corrected chi connectivity index (χ4v) is 6.29. The maximum Gasteiger partial charge on any atom is 0.305 e. The van der Waals surface area contributed by atoms with Gasteiger partial charge < -0.3 is 9.84 Å². The molecule has 0 atom stereocenters. The third kappa shape index (κ3) is 39.4. The Hall–Kier alpha value is -0.570. The number of carbonyl (C=O) groups is 1. The van der Waals surface area contributed by atoms with Gasteiger partial charge in [0.05, 0.1) is 6.61 Å². The molecule has 0 radical (unpaired) electrons. The molecule has 0 bridgehead atoms. The van der Waals surface area contributed by atoms with Crippen molar-refractivity contribution in [3.05, 3.63) is 0 Å². The van der Waals surface area contributed by atoms with Gasteiger partial charge in [-0.1, -0.05) is 212 Å². The normalized spacial score (nSPS) is 11.4. The van der Waals surface area contributed by atoms with Crippen LogP contribution in [0.1, 0.15) is 238 Å². The zero-order valence-corrected chi connectivity index (χ0v) is 29.6. The van der Waals surface area contributed by atoms with Gasteiger partial charge in [-0.25, -0.2) is 0 Å². The van der Waals surface area contributed by atoms with Gasteiger partial charge in [0.25, 0.3) is 0 Å². The topological polar surface area (TPSA) is 46.5 Å². The molecular weight excluding hydrogens is 528 g/mol. The van der Waals surface area contributed by atoms with Crippen LogP contribution in [-0.2, 0) is 9.53 Å². The van der Waals surface area contributed by atoms with Gasteiger partial charge in [0.15, 0.2) is 0 Å². The molecule has 0 unspecified atom stereocenters. The van der Waals surface area contributed by atoms with E-state index in [0.717, 1.165) is 19.3 Å². The molecule has 0 heterocycles. The maximum atomic E-state index is 11.9. The first-order chi connectivity index (χ1) is 21.3. The van der Waals surface area contributed by atoms with E-state index in [0.29, 0.717) is 19.6 Å². The Kier molecular flexibility index (Phi) is 38.9. The second kappa shape index (κ2) is 39.5. The van der Waals surface area contributed by atoms with Crippen LogP contribution in [-0.4, -0.2) is 24.3 Å². The molecule has 258 valence electrons. The van der Waals surface area contributed by atoms with Crippen LogP contribution < -0.4 is 0 Å². The van der Waals surface area contributed by atoms with Gasteiger partial charge in [-0.3, -0.25) is 4.79 Å². The van der Waals surface area contributed by atoms with Gasteiger partial charge in [-0.15, -0.1) is 0 Å². The summed E-state index contributed by atoms with van der Waals surface area (Å²) in [5.74, 6) is 0.0215. The average molecular weight is 609 g/mol. The maximum absolute atomic E-state index is 11.9. The number of hydrogen-bond donors (Lipinski definition) is 1. The highest BCUT2D eigenvalue weighted by molar-refractivity contribution is 5.69. The van der Waals surface area contributed by atoms with Crippen LogP contribution in [0.3, 0.4) is 0 Å². The Morgan fingerprint density at radius 1 is 0.372 bits per heavy atom.